The van der Waals surface area contributed by atoms with Crippen LogP contribution in [0.2, 0.25) is 5.02 Å². The molecule has 1 heterocycles. The molecule has 3 rings (SSSR count). The summed E-state index contributed by atoms with van der Waals surface area (Å²) in [7, 11) is 0. The van der Waals surface area contributed by atoms with E-state index >= 15 is 0 Å². The SMILES string of the molecule is CC(C)N=C(NC(=O)c1ccc(F)c(F)c1)Nc1cc(-c2ccc(Cl)cc2)[nH]n1. The number of amides is 1. The van der Waals surface area contributed by atoms with E-state index < -0.39 is 17.5 Å². The van der Waals surface area contributed by atoms with Crippen LogP contribution in [0.4, 0.5) is 14.6 Å². The highest BCUT2D eigenvalue weighted by Gasteiger charge is 2.14. The molecule has 9 heteroatoms. The summed E-state index contributed by atoms with van der Waals surface area (Å²) in [5.41, 5.74) is 1.58. The third kappa shape index (κ3) is 5.39. The minimum Gasteiger partial charge on any atom is -0.309 e. The minimum absolute atomic E-state index is 0.0361. The predicted octanol–water partition coefficient (Wildman–Crippen LogP) is 4.61. The molecule has 2 aromatic carbocycles. The molecule has 1 aromatic heterocycles. The lowest BCUT2D eigenvalue weighted by molar-refractivity contribution is 0.0976. The zero-order valence-electron chi connectivity index (χ0n) is 15.6. The topological polar surface area (TPSA) is 82.2 Å². The number of rotatable bonds is 4. The molecule has 0 radical (unpaired) electrons. The van der Waals surface area contributed by atoms with E-state index in [9.17, 15) is 13.6 Å². The number of nitrogens with zero attached hydrogens (tertiary/aromatic N) is 2. The van der Waals surface area contributed by atoms with Gasteiger partial charge < -0.3 is 5.32 Å². The van der Waals surface area contributed by atoms with E-state index in [0.29, 0.717) is 10.8 Å². The lowest BCUT2D eigenvalue weighted by atomic mass is 10.1. The van der Waals surface area contributed by atoms with Crippen molar-refractivity contribution in [3.8, 4) is 11.3 Å². The quantitative estimate of drug-likeness (QED) is 0.428. The van der Waals surface area contributed by atoms with Gasteiger partial charge in [-0.2, -0.15) is 5.10 Å². The Labute approximate surface area is 171 Å². The largest absolute Gasteiger partial charge is 0.309 e. The summed E-state index contributed by atoms with van der Waals surface area (Å²) < 4.78 is 26.5. The molecule has 6 nitrogen and oxygen atoms in total. The summed E-state index contributed by atoms with van der Waals surface area (Å²) in [5, 5.41) is 13.1. The second kappa shape index (κ2) is 8.83. The predicted molar refractivity (Wildman–Crippen MR) is 109 cm³/mol. The van der Waals surface area contributed by atoms with E-state index in [2.05, 4.69) is 25.8 Å². The van der Waals surface area contributed by atoms with E-state index in [0.717, 1.165) is 23.4 Å². The van der Waals surface area contributed by atoms with E-state index in [1.54, 1.807) is 18.2 Å². The second-order valence-corrected chi connectivity index (χ2v) is 6.89. The van der Waals surface area contributed by atoms with Crippen LogP contribution >= 0.6 is 11.6 Å². The number of aromatic amines is 1. The Morgan fingerprint density at radius 1 is 1.10 bits per heavy atom. The first-order valence-electron chi connectivity index (χ1n) is 8.74. The third-order valence-corrected chi connectivity index (χ3v) is 4.03. The molecule has 0 aliphatic heterocycles. The molecule has 0 bridgehead atoms. The van der Waals surface area contributed by atoms with Gasteiger partial charge in [0.25, 0.3) is 5.91 Å². The van der Waals surface area contributed by atoms with Gasteiger partial charge in [0, 0.05) is 22.7 Å². The van der Waals surface area contributed by atoms with Crippen LogP contribution in [0.15, 0.2) is 53.5 Å². The average Bonchev–Trinajstić information content (AvgIpc) is 3.12. The van der Waals surface area contributed by atoms with Crippen molar-refractivity contribution < 1.29 is 13.6 Å². The molecule has 150 valence electrons. The molecule has 0 saturated carbocycles. The monoisotopic (exact) mass is 417 g/mol. The van der Waals surface area contributed by atoms with Gasteiger partial charge in [-0.1, -0.05) is 23.7 Å². The van der Waals surface area contributed by atoms with Crippen molar-refractivity contribution in [1.82, 2.24) is 15.5 Å². The number of halogens is 3. The number of H-pyrrole nitrogens is 1. The third-order valence-electron chi connectivity index (χ3n) is 3.78. The number of anilines is 1. The second-order valence-electron chi connectivity index (χ2n) is 6.45. The molecule has 0 aliphatic carbocycles. The highest BCUT2D eigenvalue weighted by molar-refractivity contribution is 6.30. The normalized spacial score (nSPS) is 11.6. The summed E-state index contributed by atoms with van der Waals surface area (Å²) in [6, 6.07) is 11.7. The van der Waals surface area contributed by atoms with Crippen LogP contribution in [-0.4, -0.2) is 28.1 Å². The van der Waals surface area contributed by atoms with Crippen LogP contribution in [0.1, 0.15) is 24.2 Å². The molecule has 29 heavy (non-hydrogen) atoms. The first kappa shape index (κ1) is 20.5. The van der Waals surface area contributed by atoms with Gasteiger partial charge in [0.05, 0.1) is 5.69 Å². The Balaban J connectivity index is 1.77. The maximum atomic E-state index is 13.4. The highest BCUT2D eigenvalue weighted by Crippen LogP contribution is 2.21. The Kier molecular flexibility index (Phi) is 6.23. The van der Waals surface area contributed by atoms with Crippen LogP contribution in [0.3, 0.4) is 0 Å². The van der Waals surface area contributed by atoms with Gasteiger partial charge in [-0.15, -0.1) is 0 Å². The van der Waals surface area contributed by atoms with Gasteiger partial charge >= 0.3 is 0 Å². The summed E-state index contributed by atoms with van der Waals surface area (Å²) in [5.74, 6) is -2.22. The summed E-state index contributed by atoms with van der Waals surface area (Å²) in [6.45, 7) is 3.66. The Bertz CT molecular complexity index is 1050. The van der Waals surface area contributed by atoms with E-state index in [4.69, 9.17) is 11.6 Å². The fourth-order valence-corrected chi connectivity index (χ4v) is 2.58. The summed E-state index contributed by atoms with van der Waals surface area (Å²) >= 11 is 5.90. The lowest BCUT2D eigenvalue weighted by Crippen LogP contribution is -2.37. The number of aliphatic imine (C=N–C) groups is 1. The van der Waals surface area contributed by atoms with Gasteiger partial charge in [0.2, 0.25) is 5.96 Å². The molecule has 3 N–H and O–H groups in total. The summed E-state index contributed by atoms with van der Waals surface area (Å²) in [4.78, 5) is 16.7. The van der Waals surface area contributed by atoms with Crippen molar-refractivity contribution in [3.05, 3.63) is 70.8 Å². The van der Waals surface area contributed by atoms with Crippen LogP contribution in [0.5, 0.6) is 0 Å². The molecule has 0 saturated heterocycles. The van der Waals surface area contributed by atoms with Crippen molar-refractivity contribution >= 4 is 29.3 Å². The number of nitrogens with one attached hydrogen (secondary N) is 3. The summed E-state index contributed by atoms with van der Waals surface area (Å²) in [6.07, 6.45) is 0. The Hall–Kier alpha value is -3.26. The molecule has 0 fully saturated rings. The number of guanidine groups is 1. The molecule has 0 unspecified atom stereocenters. The van der Waals surface area contributed by atoms with E-state index in [1.165, 1.54) is 6.07 Å². The number of carbonyl (C=O) groups excluding carboxylic acids is 1. The van der Waals surface area contributed by atoms with Crippen LogP contribution in [0.25, 0.3) is 11.3 Å². The zero-order valence-corrected chi connectivity index (χ0v) is 16.4. The molecular formula is C20H18ClF2N5O. The van der Waals surface area contributed by atoms with Gasteiger partial charge in [-0.25, -0.2) is 13.8 Å². The maximum Gasteiger partial charge on any atom is 0.258 e. The van der Waals surface area contributed by atoms with Crippen molar-refractivity contribution in [2.75, 3.05) is 5.32 Å². The Morgan fingerprint density at radius 2 is 1.83 bits per heavy atom. The van der Waals surface area contributed by atoms with Crippen LogP contribution < -0.4 is 10.6 Å². The molecule has 3 aromatic rings. The molecule has 0 aliphatic rings. The van der Waals surface area contributed by atoms with Crippen molar-refractivity contribution in [2.45, 2.75) is 19.9 Å². The number of hydrogen-bond acceptors (Lipinski definition) is 3. The van der Waals surface area contributed by atoms with E-state index in [1.807, 2.05) is 26.0 Å². The lowest BCUT2D eigenvalue weighted by Gasteiger charge is -2.11. The molecule has 1 amide bonds. The van der Waals surface area contributed by atoms with Crippen LogP contribution in [-0.2, 0) is 0 Å². The highest BCUT2D eigenvalue weighted by atomic mass is 35.5. The van der Waals surface area contributed by atoms with Crippen molar-refractivity contribution in [2.24, 2.45) is 4.99 Å². The average molecular weight is 418 g/mol. The van der Waals surface area contributed by atoms with E-state index in [-0.39, 0.29) is 17.6 Å². The fraction of sp³-hybridized carbons (Fsp3) is 0.150. The standard InChI is InChI=1S/C20H18ClF2N5O/c1-11(2)24-20(26-19(29)13-5-8-15(22)16(23)9-13)25-18-10-17(27-28-18)12-3-6-14(21)7-4-12/h3-11H,1-2H3,(H3,24,25,26,27,28,29). The minimum atomic E-state index is -1.10. The van der Waals surface area contributed by atoms with Gasteiger partial charge in [-0.3, -0.25) is 15.2 Å². The van der Waals surface area contributed by atoms with Crippen molar-refractivity contribution in [3.63, 3.8) is 0 Å². The molecule has 0 spiro atoms. The van der Waals surface area contributed by atoms with Gasteiger partial charge in [0.15, 0.2) is 17.5 Å². The van der Waals surface area contributed by atoms with Crippen molar-refractivity contribution in [1.29, 1.82) is 0 Å². The first-order chi connectivity index (χ1) is 13.8. The smallest absolute Gasteiger partial charge is 0.258 e. The number of hydrogen-bond donors (Lipinski definition) is 3. The first-order valence-corrected chi connectivity index (χ1v) is 9.12. The number of benzene rings is 2. The van der Waals surface area contributed by atoms with Crippen LogP contribution in [0, 0.1) is 11.6 Å². The number of carbonyl (C=O) groups is 1. The molecule has 0 atom stereocenters. The van der Waals surface area contributed by atoms with Gasteiger partial charge in [-0.05, 0) is 49.7 Å². The zero-order chi connectivity index (χ0) is 21.0. The molecular weight excluding hydrogens is 400 g/mol. The Morgan fingerprint density at radius 3 is 2.48 bits per heavy atom. The maximum absolute atomic E-state index is 13.4. The number of aromatic nitrogens is 2. The fourth-order valence-electron chi connectivity index (χ4n) is 2.46. The van der Waals surface area contributed by atoms with Gasteiger partial charge in [0.1, 0.15) is 0 Å².